The smallest absolute Gasteiger partial charge is 0.123 e. The van der Waals surface area contributed by atoms with Gasteiger partial charge in [-0.25, -0.2) is 4.39 Å². The number of methoxy groups -OCH3 is 1. The fourth-order valence-corrected chi connectivity index (χ4v) is 2.40. The van der Waals surface area contributed by atoms with Crippen molar-refractivity contribution in [2.75, 3.05) is 7.11 Å². The summed E-state index contributed by atoms with van der Waals surface area (Å²) in [6.45, 7) is 1.96. The summed E-state index contributed by atoms with van der Waals surface area (Å²) in [6.07, 6.45) is 3.05. The zero-order chi connectivity index (χ0) is 11.8. The van der Waals surface area contributed by atoms with Crippen LogP contribution in [0.1, 0.15) is 36.4 Å². The zero-order valence-electron chi connectivity index (χ0n) is 9.79. The van der Waals surface area contributed by atoms with Gasteiger partial charge < -0.3 is 10.5 Å². The van der Waals surface area contributed by atoms with Crippen LogP contribution in [0, 0.1) is 12.7 Å². The Balaban J connectivity index is 2.32. The largest absolute Gasteiger partial charge is 0.376 e. The van der Waals surface area contributed by atoms with Crippen molar-refractivity contribution in [2.45, 2.75) is 37.8 Å². The van der Waals surface area contributed by atoms with Gasteiger partial charge in [-0.05, 0) is 49.4 Å². The second-order valence-electron chi connectivity index (χ2n) is 4.60. The van der Waals surface area contributed by atoms with E-state index >= 15 is 0 Å². The van der Waals surface area contributed by atoms with Crippen molar-refractivity contribution in [2.24, 2.45) is 5.73 Å². The lowest BCUT2D eigenvalue weighted by Gasteiger charge is -2.45. The van der Waals surface area contributed by atoms with E-state index < -0.39 is 0 Å². The number of nitrogens with two attached hydrogens (primary N) is 1. The minimum absolute atomic E-state index is 0.234. The first-order valence-electron chi connectivity index (χ1n) is 5.66. The van der Waals surface area contributed by atoms with Crippen molar-refractivity contribution < 1.29 is 9.13 Å². The van der Waals surface area contributed by atoms with Gasteiger partial charge in [0.05, 0.1) is 11.6 Å². The van der Waals surface area contributed by atoms with Gasteiger partial charge in [0.2, 0.25) is 0 Å². The average molecular weight is 223 g/mol. The highest BCUT2D eigenvalue weighted by Gasteiger charge is 2.43. The molecule has 1 fully saturated rings. The van der Waals surface area contributed by atoms with Gasteiger partial charge in [-0.3, -0.25) is 0 Å². The number of rotatable bonds is 3. The molecule has 2 nitrogen and oxygen atoms in total. The maximum absolute atomic E-state index is 13.2. The van der Waals surface area contributed by atoms with Crippen LogP contribution < -0.4 is 5.73 Å². The van der Waals surface area contributed by atoms with E-state index in [1.54, 1.807) is 13.2 Å². The van der Waals surface area contributed by atoms with Crippen LogP contribution in [0.2, 0.25) is 0 Å². The Morgan fingerprint density at radius 2 is 2.12 bits per heavy atom. The molecule has 1 aliphatic rings. The molecular formula is C13H18FNO. The molecule has 1 aliphatic carbocycles. The summed E-state index contributed by atoms with van der Waals surface area (Å²) in [7, 11) is 1.69. The van der Waals surface area contributed by atoms with Gasteiger partial charge in [-0.1, -0.05) is 6.07 Å². The van der Waals surface area contributed by atoms with Crippen LogP contribution in [-0.4, -0.2) is 12.7 Å². The van der Waals surface area contributed by atoms with Crippen LogP contribution in [0.3, 0.4) is 0 Å². The predicted molar refractivity (Wildman–Crippen MR) is 61.7 cm³/mol. The summed E-state index contributed by atoms with van der Waals surface area (Å²) in [5.74, 6) is -0.235. The molecule has 0 spiro atoms. The Kier molecular flexibility index (Phi) is 3.00. The lowest BCUT2D eigenvalue weighted by Crippen LogP contribution is -2.48. The first kappa shape index (κ1) is 11.6. The molecule has 2 N–H and O–H groups in total. The van der Waals surface area contributed by atoms with Gasteiger partial charge in [-0.2, -0.15) is 0 Å². The minimum atomic E-state index is -0.279. The molecule has 1 aromatic rings. The van der Waals surface area contributed by atoms with Crippen molar-refractivity contribution in [3.8, 4) is 0 Å². The molecule has 88 valence electrons. The highest BCUT2D eigenvalue weighted by molar-refractivity contribution is 5.32. The molecule has 1 unspecified atom stereocenters. The second-order valence-corrected chi connectivity index (χ2v) is 4.60. The quantitative estimate of drug-likeness (QED) is 0.855. The standard InChI is InChI=1S/C13H18FNO/c1-9-4-5-10(14)8-11(9)12(15)13(16-2)6-3-7-13/h4-5,8,12H,3,6-7,15H2,1-2H3. The topological polar surface area (TPSA) is 35.2 Å². The van der Waals surface area contributed by atoms with Gasteiger partial charge >= 0.3 is 0 Å². The molecule has 0 aliphatic heterocycles. The molecule has 0 saturated heterocycles. The summed E-state index contributed by atoms with van der Waals surface area (Å²) < 4.78 is 18.8. The predicted octanol–water partition coefficient (Wildman–Crippen LogP) is 2.70. The number of benzene rings is 1. The average Bonchev–Trinajstić information content (AvgIpc) is 2.21. The third kappa shape index (κ3) is 1.74. The molecule has 0 radical (unpaired) electrons. The number of hydrogen-bond acceptors (Lipinski definition) is 2. The molecule has 3 heteroatoms. The SMILES string of the molecule is COC1(C(N)c2cc(F)ccc2C)CCC1. The Morgan fingerprint density at radius 1 is 1.44 bits per heavy atom. The number of ether oxygens (including phenoxy) is 1. The molecule has 16 heavy (non-hydrogen) atoms. The van der Waals surface area contributed by atoms with E-state index in [9.17, 15) is 4.39 Å². The number of aryl methyl sites for hydroxylation is 1. The summed E-state index contributed by atoms with van der Waals surface area (Å²) in [4.78, 5) is 0. The van der Waals surface area contributed by atoms with Crippen molar-refractivity contribution >= 4 is 0 Å². The van der Waals surface area contributed by atoms with Gasteiger partial charge in [0, 0.05) is 7.11 Å². The first-order chi connectivity index (χ1) is 7.59. The highest BCUT2D eigenvalue weighted by atomic mass is 19.1. The molecule has 1 atom stereocenters. The third-order valence-corrected chi connectivity index (χ3v) is 3.75. The molecule has 1 aromatic carbocycles. The van der Waals surface area contributed by atoms with Crippen LogP contribution in [0.15, 0.2) is 18.2 Å². The fraction of sp³-hybridized carbons (Fsp3) is 0.538. The number of hydrogen-bond donors (Lipinski definition) is 1. The van der Waals surface area contributed by atoms with Crippen LogP contribution >= 0.6 is 0 Å². The van der Waals surface area contributed by atoms with E-state index in [1.807, 2.05) is 6.92 Å². The van der Waals surface area contributed by atoms with Gasteiger partial charge in [0.1, 0.15) is 5.82 Å². The monoisotopic (exact) mass is 223 g/mol. The second kappa shape index (κ2) is 4.15. The maximum atomic E-state index is 13.2. The Labute approximate surface area is 95.6 Å². The molecule has 1 saturated carbocycles. The molecular weight excluding hydrogens is 205 g/mol. The Hall–Kier alpha value is -0.930. The van der Waals surface area contributed by atoms with Gasteiger partial charge in [0.15, 0.2) is 0 Å². The molecule has 0 bridgehead atoms. The Morgan fingerprint density at radius 3 is 2.62 bits per heavy atom. The highest BCUT2D eigenvalue weighted by Crippen LogP contribution is 2.44. The molecule has 2 rings (SSSR count). The maximum Gasteiger partial charge on any atom is 0.123 e. The fourth-order valence-electron chi connectivity index (χ4n) is 2.40. The minimum Gasteiger partial charge on any atom is -0.376 e. The van der Waals surface area contributed by atoms with E-state index in [2.05, 4.69) is 0 Å². The zero-order valence-corrected chi connectivity index (χ0v) is 9.79. The van der Waals surface area contributed by atoms with Crippen LogP contribution in [0.25, 0.3) is 0 Å². The van der Waals surface area contributed by atoms with Crippen molar-refractivity contribution in [3.05, 3.63) is 35.1 Å². The van der Waals surface area contributed by atoms with Gasteiger partial charge in [-0.15, -0.1) is 0 Å². The normalized spacial score (nSPS) is 20.2. The van der Waals surface area contributed by atoms with Gasteiger partial charge in [0.25, 0.3) is 0 Å². The summed E-state index contributed by atoms with van der Waals surface area (Å²) in [5.41, 5.74) is 7.83. The lowest BCUT2D eigenvalue weighted by molar-refractivity contribution is -0.0913. The van der Waals surface area contributed by atoms with E-state index in [0.717, 1.165) is 30.4 Å². The number of halogens is 1. The summed E-state index contributed by atoms with van der Waals surface area (Å²) >= 11 is 0. The Bertz CT molecular complexity index is 382. The molecule has 0 aromatic heterocycles. The van der Waals surface area contributed by atoms with Crippen molar-refractivity contribution in [1.29, 1.82) is 0 Å². The van der Waals surface area contributed by atoms with Crippen LogP contribution in [0.4, 0.5) is 4.39 Å². The van der Waals surface area contributed by atoms with E-state index in [4.69, 9.17) is 10.5 Å². The summed E-state index contributed by atoms with van der Waals surface area (Å²) in [6, 6.07) is 4.53. The summed E-state index contributed by atoms with van der Waals surface area (Å²) in [5, 5.41) is 0. The van der Waals surface area contributed by atoms with E-state index in [0.29, 0.717) is 0 Å². The first-order valence-corrected chi connectivity index (χ1v) is 5.66. The van der Waals surface area contributed by atoms with E-state index in [-0.39, 0.29) is 17.5 Å². The third-order valence-electron chi connectivity index (χ3n) is 3.75. The van der Waals surface area contributed by atoms with Crippen molar-refractivity contribution in [3.63, 3.8) is 0 Å². The van der Waals surface area contributed by atoms with Crippen molar-refractivity contribution in [1.82, 2.24) is 0 Å². The molecule has 0 heterocycles. The molecule has 0 amide bonds. The van der Waals surface area contributed by atoms with Crippen LogP contribution in [0.5, 0.6) is 0 Å². The lowest BCUT2D eigenvalue weighted by atomic mass is 9.72. The van der Waals surface area contributed by atoms with Crippen LogP contribution in [-0.2, 0) is 4.74 Å². The van der Waals surface area contributed by atoms with E-state index in [1.165, 1.54) is 12.1 Å².